The minimum absolute atomic E-state index is 0.531. The molecular formula is C20H36N4O3. The van der Waals surface area contributed by atoms with Gasteiger partial charge in [-0.2, -0.15) is 0 Å². The molecular weight excluding hydrogens is 344 g/mol. The molecule has 7 heteroatoms. The average molecular weight is 381 g/mol. The largest absolute Gasteiger partial charge is 0.491 e. The van der Waals surface area contributed by atoms with Crippen LogP contribution >= 0.6 is 0 Å². The molecule has 0 heterocycles. The van der Waals surface area contributed by atoms with Crippen LogP contribution in [0, 0.1) is 6.92 Å². The molecule has 0 aliphatic rings. The number of nitrogens with zero attached hydrogens (tertiary/aromatic N) is 2. The van der Waals surface area contributed by atoms with E-state index < -0.39 is 0 Å². The van der Waals surface area contributed by atoms with Gasteiger partial charge in [-0.25, -0.2) is 4.99 Å². The van der Waals surface area contributed by atoms with Crippen LogP contribution in [0.15, 0.2) is 23.2 Å². The van der Waals surface area contributed by atoms with Crippen molar-refractivity contribution in [2.45, 2.75) is 20.4 Å². The fraction of sp³-hybridized carbons (Fsp3) is 0.650. The van der Waals surface area contributed by atoms with Gasteiger partial charge in [0.1, 0.15) is 12.4 Å². The van der Waals surface area contributed by atoms with Crippen molar-refractivity contribution in [3.05, 3.63) is 29.3 Å². The summed E-state index contributed by atoms with van der Waals surface area (Å²) < 4.78 is 16.0. The third-order valence-corrected chi connectivity index (χ3v) is 3.98. The molecule has 0 radical (unpaired) electrons. The smallest absolute Gasteiger partial charge is 0.191 e. The first-order valence-corrected chi connectivity index (χ1v) is 9.51. The van der Waals surface area contributed by atoms with Gasteiger partial charge in [-0.05, 0) is 32.5 Å². The molecule has 154 valence electrons. The maximum Gasteiger partial charge on any atom is 0.191 e. The third-order valence-electron chi connectivity index (χ3n) is 3.98. The summed E-state index contributed by atoms with van der Waals surface area (Å²) in [6.45, 7) is 9.98. The van der Waals surface area contributed by atoms with Gasteiger partial charge >= 0.3 is 0 Å². The normalized spacial score (nSPS) is 11.7. The second-order valence-corrected chi connectivity index (χ2v) is 6.37. The van der Waals surface area contributed by atoms with Crippen LogP contribution in [0.25, 0.3) is 0 Å². The molecule has 27 heavy (non-hydrogen) atoms. The summed E-state index contributed by atoms with van der Waals surface area (Å²) in [6, 6.07) is 6.20. The van der Waals surface area contributed by atoms with E-state index >= 15 is 0 Å². The zero-order valence-electron chi connectivity index (χ0n) is 17.5. The summed E-state index contributed by atoms with van der Waals surface area (Å²) in [4.78, 5) is 6.93. The fourth-order valence-corrected chi connectivity index (χ4v) is 2.39. The highest BCUT2D eigenvalue weighted by Crippen LogP contribution is 2.21. The molecule has 1 rings (SSSR count). The molecule has 0 aliphatic heterocycles. The number of ether oxygens (including phenoxy) is 3. The number of nitrogens with one attached hydrogen (secondary N) is 2. The van der Waals surface area contributed by atoms with Crippen molar-refractivity contribution in [2.75, 3.05) is 67.3 Å². The summed E-state index contributed by atoms with van der Waals surface area (Å²) in [5.41, 5.74) is 2.23. The molecule has 0 amide bonds. The molecule has 0 aromatic heterocycles. The van der Waals surface area contributed by atoms with E-state index in [9.17, 15) is 0 Å². The quantitative estimate of drug-likeness (QED) is 0.308. The standard InChI is InChI=1S/C20H36N4O3/c1-6-21-20(22-9-10-24(3)11-12-25-4)23-16-18-8-7-17(2)15-19(18)27-14-13-26-5/h7-8,15H,6,9-14,16H2,1-5H3,(H2,21,22,23). The van der Waals surface area contributed by atoms with Crippen LogP contribution < -0.4 is 15.4 Å². The Kier molecular flexibility index (Phi) is 12.3. The number of rotatable bonds is 13. The van der Waals surface area contributed by atoms with E-state index in [0.29, 0.717) is 19.8 Å². The molecule has 0 aliphatic carbocycles. The van der Waals surface area contributed by atoms with E-state index in [2.05, 4.69) is 48.6 Å². The van der Waals surface area contributed by atoms with Crippen LogP contribution in [0.5, 0.6) is 5.75 Å². The van der Waals surface area contributed by atoms with Gasteiger partial charge in [0, 0.05) is 46.0 Å². The summed E-state index contributed by atoms with van der Waals surface area (Å²) in [5, 5.41) is 6.66. The molecule has 0 bridgehead atoms. The number of aliphatic imine (C=N–C) groups is 1. The maximum absolute atomic E-state index is 5.85. The first-order chi connectivity index (χ1) is 13.1. The van der Waals surface area contributed by atoms with E-state index in [0.717, 1.165) is 50.1 Å². The Bertz CT molecular complexity index is 552. The number of hydrogen-bond donors (Lipinski definition) is 2. The Morgan fingerprint density at radius 1 is 1.07 bits per heavy atom. The van der Waals surface area contributed by atoms with Crippen LogP contribution in [0.3, 0.4) is 0 Å². The van der Waals surface area contributed by atoms with Crippen molar-refractivity contribution < 1.29 is 14.2 Å². The number of hydrogen-bond acceptors (Lipinski definition) is 5. The van der Waals surface area contributed by atoms with Gasteiger partial charge in [-0.1, -0.05) is 12.1 Å². The molecule has 1 aromatic rings. The Labute approximate surface area is 164 Å². The summed E-state index contributed by atoms with van der Waals surface area (Å²) in [6.07, 6.45) is 0. The first-order valence-electron chi connectivity index (χ1n) is 9.51. The van der Waals surface area contributed by atoms with Gasteiger partial charge in [0.25, 0.3) is 0 Å². The lowest BCUT2D eigenvalue weighted by molar-refractivity contribution is 0.145. The fourth-order valence-electron chi connectivity index (χ4n) is 2.39. The molecule has 1 aromatic carbocycles. The van der Waals surface area contributed by atoms with Crippen LogP contribution in [0.1, 0.15) is 18.1 Å². The second-order valence-electron chi connectivity index (χ2n) is 6.37. The van der Waals surface area contributed by atoms with Gasteiger partial charge in [0.05, 0.1) is 19.8 Å². The van der Waals surface area contributed by atoms with Crippen molar-refractivity contribution in [1.29, 1.82) is 0 Å². The highest BCUT2D eigenvalue weighted by atomic mass is 16.5. The Morgan fingerprint density at radius 2 is 1.85 bits per heavy atom. The van der Waals surface area contributed by atoms with E-state index in [-0.39, 0.29) is 0 Å². The molecule has 0 atom stereocenters. The zero-order valence-corrected chi connectivity index (χ0v) is 17.5. The van der Waals surface area contributed by atoms with Gasteiger partial charge in [-0.15, -0.1) is 0 Å². The summed E-state index contributed by atoms with van der Waals surface area (Å²) >= 11 is 0. The topological polar surface area (TPSA) is 67.4 Å². The lowest BCUT2D eigenvalue weighted by Crippen LogP contribution is -2.41. The molecule has 0 saturated carbocycles. The Morgan fingerprint density at radius 3 is 2.56 bits per heavy atom. The zero-order chi connectivity index (χ0) is 19.9. The Balaban J connectivity index is 2.63. The maximum atomic E-state index is 5.85. The van der Waals surface area contributed by atoms with Gasteiger partial charge < -0.3 is 29.7 Å². The van der Waals surface area contributed by atoms with E-state index in [1.54, 1.807) is 14.2 Å². The van der Waals surface area contributed by atoms with Crippen LogP contribution in [-0.4, -0.2) is 78.1 Å². The van der Waals surface area contributed by atoms with Gasteiger partial charge in [0.2, 0.25) is 0 Å². The molecule has 7 nitrogen and oxygen atoms in total. The first kappa shape index (κ1) is 23.2. The molecule has 0 saturated heterocycles. The van der Waals surface area contributed by atoms with Crippen molar-refractivity contribution >= 4 is 5.96 Å². The monoisotopic (exact) mass is 380 g/mol. The minimum atomic E-state index is 0.531. The second kappa shape index (κ2) is 14.3. The van der Waals surface area contributed by atoms with Gasteiger partial charge in [0.15, 0.2) is 5.96 Å². The van der Waals surface area contributed by atoms with Crippen molar-refractivity contribution in [2.24, 2.45) is 4.99 Å². The highest BCUT2D eigenvalue weighted by Gasteiger charge is 2.06. The third kappa shape index (κ3) is 10.2. The predicted octanol–water partition coefficient (Wildman–Crippen LogP) is 1.65. The van der Waals surface area contributed by atoms with E-state index in [1.807, 2.05) is 6.07 Å². The van der Waals surface area contributed by atoms with Crippen molar-refractivity contribution in [1.82, 2.24) is 15.5 Å². The average Bonchev–Trinajstić information content (AvgIpc) is 2.65. The Hall–Kier alpha value is -1.83. The van der Waals surface area contributed by atoms with Crippen LogP contribution in [-0.2, 0) is 16.0 Å². The number of methoxy groups -OCH3 is 2. The molecule has 0 spiro atoms. The number of benzene rings is 1. The molecule has 0 unspecified atom stereocenters. The SMILES string of the molecule is CCNC(=NCc1ccc(C)cc1OCCOC)NCCN(C)CCOC. The number of likely N-dealkylation sites (N-methyl/N-ethyl adjacent to an activating group) is 1. The lowest BCUT2D eigenvalue weighted by Gasteiger charge is -2.18. The van der Waals surface area contributed by atoms with E-state index in [1.165, 1.54) is 5.56 Å². The predicted molar refractivity (Wildman–Crippen MR) is 111 cm³/mol. The summed E-state index contributed by atoms with van der Waals surface area (Å²) in [5.74, 6) is 1.67. The lowest BCUT2D eigenvalue weighted by atomic mass is 10.1. The van der Waals surface area contributed by atoms with E-state index in [4.69, 9.17) is 19.2 Å². The molecule has 2 N–H and O–H groups in total. The van der Waals surface area contributed by atoms with Crippen LogP contribution in [0.4, 0.5) is 0 Å². The van der Waals surface area contributed by atoms with Gasteiger partial charge in [-0.3, -0.25) is 0 Å². The number of aryl methyl sites for hydroxylation is 1. The highest BCUT2D eigenvalue weighted by molar-refractivity contribution is 5.79. The minimum Gasteiger partial charge on any atom is -0.491 e. The van der Waals surface area contributed by atoms with Crippen LogP contribution in [0.2, 0.25) is 0 Å². The number of guanidine groups is 1. The molecule has 0 fully saturated rings. The van der Waals surface area contributed by atoms with Crippen molar-refractivity contribution in [3.8, 4) is 5.75 Å². The van der Waals surface area contributed by atoms with Crippen molar-refractivity contribution in [3.63, 3.8) is 0 Å². The summed E-state index contributed by atoms with van der Waals surface area (Å²) in [7, 11) is 5.48.